The minimum absolute atomic E-state index is 0.345. The second-order valence-corrected chi connectivity index (χ2v) is 5.40. The number of fused-ring (bicyclic) bond motifs is 1. The molecular weight excluding hydrogens is 266 g/mol. The average molecular weight is 293 g/mol. The lowest BCUT2D eigenvalue weighted by Crippen LogP contribution is -2.22. The van der Waals surface area contributed by atoms with E-state index in [2.05, 4.69) is 24.4 Å². The summed E-state index contributed by atoms with van der Waals surface area (Å²) in [5.74, 6) is 1.74. The van der Waals surface area contributed by atoms with Crippen LogP contribution in [0.2, 0.25) is 0 Å². The molecule has 0 radical (unpaired) electrons. The van der Waals surface area contributed by atoms with Crippen LogP contribution in [0.15, 0.2) is 18.2 Å². The van der Waals surface area contributed by atoms with Crippen LogP contribution in [0.1, 0.15) is 44.2 Å². The van der Waals surface area contributed by atoms with Crippen LogP contribution in [0, 0.1) is 0 Å². The molecule has 1 aromatic rings. The Labute approximate surface area is 127 Å². The zero-order valence-corrected chi connectivity index (χ0v) is 13.2. The fourth-order valence-electron chi connectivity index (χ4n) is 2.53. The van der Waals surface area contributed by atoms with Crippen molar-refractivity contribution in [3.05, 3.63) is 23.8 Å². The van der Waals surface area contributed by atoms with E-state index in [-0.39, 0.29) is 0 Å². The van der Waals surface area contributed by atoms with Crippen molar-refractivity contribution in [2.75, 3.05) is 33.5 Å². The van der Waals surface area contributed by atoms with Crippen LogP contribution in [0.5, 0.6) is 11.5 Å². The van der Waals surface area contributed by atoms with Crippen LogP contribution in [-0.4, -0.2) is 33.5 Å². The van der Waals surface area contributed by atoms with E-state index in [1.165, 1.54) is 5.56 Å². The first kappa shape index (κ1) is 16.1. The molecule has 0 fully saturated rings. The minimum Gasteiger partial charge on any atom is -0.490 e. The maximum absolute atomic E-state index is 5.79. The van der Waals surface area contributed by atoms with E-state index in [1.807, 2.05) is 6.07 Å². The van der Waals surface area contributed by atoms with Gasteiger partial charge >= 0.3 is 0 Å². The molecule has 1 unspecified atom stereocenters. The van der Waals surface area contributed by atoms with Crippen molar-refractivity contribution in [1.82, 2.24) is 5.32 Å². The van der Waals surface area contributed by atoms with Gasteiger partial charge in [0.05, 0.1) is 13.2 Å². The van der Waals surface area contributed by atoms with Crippen LogP contribution in [0.3, 0.4) is 0 Å². The zero-order chi connectivity index (χ0) is 14.9. The third-order valence-electron chi connectivity index (χ3n) is 3.66. The Morgan fingerprint density at radius 3 is 2.81 bits per heavy atom. The van der Waals surface area contributed by atoms with E-state index < -0.39 is 0 Å². The van der Waals surface area contributed by atoms with Crippen molar-refractivity contribution >= 4 is 0 Å². The van der Waals surface area contributed by atoms with Gasteiger partial charge in [0.25, 0.3) is 0 Å². The third kappa shape index (κ3) is 4.90. The first-order chi connectivity index (χ1) is 10.3. The van der Waals surface area contributed by atoms with E-state index in [1.54, 1.807) is 7.11 Å². The van der Waals surface area contributed by atoms with E-state index in [9.17, 15) is 0 Å². The number of rotatable bonds is 8. The molecule has 1 N–H and O–H groups in total. The van der Waals surface area contributed by atoms with Gasteiger partial charge in [-0.2, -0.15) is 0 Å². The summed E-state index contributed by atoms with van der Waals surface area (Å²) in [5.41, 5.74) is 1.27. The number of hydrogen-bond acceptors (Lipinski definition) is 4. The van der Waals surface area contributed by atoms with Crippen molar-refractivity contribution in [2.45, 2.75) is 38.6 Å². The quantitative estimate of drug-likeness (QED) is 0.746. The lowest BCUT2D eigenvalue weighted by Gasteiger charge is -2.20. The van der Waals surface area contributed by atoms with Gasteiger partial charge in [-0.05, 0) is 43.5 Å². The Morgan fingerprint density at radius 2 is 2.05 bits per heavy atom. The predicted molar refractivity (Wildman–Crippen MR) is 84.2 cm³/mol. The van der Waals surface area contributed by atoms with E-state index >= 15 is 0 Å². The molecule has 0 bridgehead atoms. The molecule has 1 atom stereocenters. The summed E-state index contributed by atoms with van der Waals surface area (Å²) in [6.07, 6.45) is 4.18. The summed E-state index contributed by atoms with van der Waals surface area (Å²) < 4.78 is 16.7. The minimum atomic E-state index is 0.345. The Bertz CT molecular complexity index is 422. The largest absolute Gasteiger partial charge is 0.490 e. The molecule has 118 valence electrons. The molecule has 2 rings (SSSR count). The summed E-state index contributed by atoms with van der Waals surface area (Å²) in [4.78, 5) is 0. The molecule has 0 spiro atoms. The first-order valence-electron chi connectivity index (χ1n) is 7.97. The number of benzene rings is 1. The van der Waals surface area contributed by atoms with E-state index in [4.69, 9.17) is 14.2 Å². The molecule has 0 aliphatic carbocycles. The number of ether oxygens (including phenoxy) is 3. The number of hydrogen-bond donors (Lipinski definition) is 1. The Balaban J connectivity index is 2.08. The van der Waals surface area contributed by atoms with Crippen LogP contribution >= 0.6 is 0 Å². The van der Waals surface area contributed by atoms with Gasteiger partial charge < -0.3 is 19.5 Å². The molecule has 21 heavy (non-hydrogen) atoms. The molecule has 4 heteroatoms. The first-order valence-corrected chi connectivity index (χ1v) is 7.97. The molecule has 0 saturated heterocycles. The maximum atomic E-state index is 5.79. The Hall–Kier alpha value is -1.26. The summed E-state index contributed by atoms with van der Waals surface area (Å²) in [7, 11) is 1.75. The molecule has 1 aliphatic heterocycles. The van der Waals surface area contributed by atoms with Crippen molar-refractivity contribution in [3.63, 3.8) is 0 Å². The lowest BCUT2D eigenvalue weighted by molar-refractivity contribution is 0.188. The Morgan fingerprint density at radius 1 is 1.24 bits per heavy atom. The fourth-order valence-corrected chi connectivity index (χ4v) is 2.53. The smallest absolute Gasteiger partial charge is 0.161 e. The normalized spacial score (nSPS) is 15.5. The van der Waals surface area contributed by atoms with Gasteiger partial charge in [0, 0.05) is 26.2 Å². The SMILES string of the molecule is CCCNC(CCCOC)c1ccc2c(c1)OCCCO2. The van der Waals surface area contributed by atoms with E-state index in [0.717, 1.165) is 63.5 Å². The van der Waals surface area contributed by atoms with Crippen molar-refractivity contribution < 1.29 is 14.2 Å². The lowest BCUT2D eigenvalue weighted by atomic mass is 10.0. The molecule has 1 heterocycles. The van der Waals surface area contributed by atoms with Gasteiger partial charge in [-0.25, -0.2) is 0 Å². The summed E-state index contributed by atoms with van der Waals surface area (Å²) >= 11 is 0. The summed E-state index contributed by atoms with van der Waals surface area (Å²) in [6, 6.07) is 6.65. The topological polar surface area (TPSA) is 39.7 Å². The summed E-state index contributed by atoms with van der Waals surface area (Å²) in [6.45, 7) is 5.47. The molecule has 1 aliphatic rings. The number of methoxy groups -OCH3 is 1. The van der Waals surface area contributed by atoms with Crippen molar-refractivity contribution in [3.8, 4) is 11.5 Å². The second-order valence-electron chi connectivity index (χ2n) is 5.40. The highest BCUT2D eigenvalue weighted by atomic mass is 16.5. The molecular formula is C17H27NO3. The molecule has 0 amide bonds. The van der Waals surface area contributed by atoms with Gasteiger partial charge in [-0.3, -0.25) is 0 Å². The molecule has 0 aromatic heterocycles. The average Bonchev–Trinajstić information content (AvgIpc) is 2.75. The Kier molecular flexibility index (Phi) is 6.83. The van der Waals surface area contributed by atoms with Crippen molar-refractivity contribution in [2.24, 2.45) is 0 Å². The van der Waals surface area contributed by atoms with Gasteiger partial charge in [-0.15, -0.1) is 0 Å². The van der Waals surface area contributed by atoms with Crippen LogP contribution in [0.25, 0.3) is 0 Å². The maximum Gasteiger partial charge on any atom is 0.161 e. The van der Waals surface area contributed by atoms with Gasteiger partial charge in [0.15, 0.2) is 11.5 Å². The zero-order valence-electron chi connectivity index (χ0n) is 13.2. The highest BCUT2D eigenvalue weighted by Crippen LogP contribution is 2.33. The molecule has 1 aromatic carbocycles. The highest BCUT2D eigenvalue weighted by molar-refractivity contribution is 5.44. The highest BCUT2D eigenvalue weighted by Gasteiger charge is 2.15. The van der Waals surface area contributed by atoms with Crippen molar-refractivity contribution in [1.29, 1.82) is 0 Å². The van der Waals surface area contributed by atoms with Gasteiger partial charge in [-0.1, -0.05) is 13.0 Å². The fraction of sp³-hybridized carbons (Fsp3) is 0.647. The third-order valence-corrected chi connectivity index (χ3v) is 3.66. The monoisotopic (exact) mass is 293 g/mol. The van der Waals surface area contributed by atoms with Crippen LogP contribution in [0.4, 0.5) is 0 Å². The summed E-state index contributed by atoms with van der Waals surface area (Å²) in [5, 5.41) is 3.62. The van der Waals surface area contributed by atoms with Gasteiger partial charge in [0.1, 0.15) is 0 Å². The van der Waals surface area contributed by atoms with E-state index in [0.29, 0.717) is 6.04 Å². The molecule has 4 nitrogen and oxygen atoms in total. The standard InChI is InChI=1S/C17H27NO3/c1-3-9-18-15(6-4-10-19-2)14-7-8-16-17(13-14)21-12-5-11-20-16/h7-8,13,15,18H,3-6,9-12H2,1-2H3. The van der Waals surface area contributed by atoms with Crippen LogP contribution < -0.4 is 14.8 Å². The molecule has 0 saturated carbocycles. The van der Waals surface area contributed by atoms with Gasteiger partial charge in [0.2, 0.25) is 0 Å². The predicted octanol–water partition coefficient (Wildman–Crippen LogP) is 3.32. The second kappa shape index (κ2) is 8.90. The van der Waals surface area contributed by atoms with Crippen LogP contribution in [-0.2, 0) is 4.74 Å². The number of nitrogens with one attached hydrogen (secondary N) is 1.